The van der Waals surface area contributed by atoms with Crippen LogP contribution in [0.25, 0.3) is 0 Å². The van der Waals surface area contributed by atoms with Crippen LogP contribution in [0, 0.1) is 5.82 Å². The summed E-state index contributed by atoms with van der Waals surface area (Å²) in [6.45, 7) is 3.24. The van der Waals surface area contributed by atoms with E-state index < -0.39 is 0 Å². The Labute approximate surface area is 136 Å². The van der Waals surface area contributed by atoms with Crippen LogP contribution in [0.3, 0.4) is 0 Å². The molecule has 0 fully saturated rings. The monoisotopic (exact) mass is 312 g/mol. The van der Waals surface area contributed by atoms with E-state index >= 15 is 0 Å². The number of para-hydroxylation sites is 1. The van der Waals surface area contributed by atoms with E-state index in [4.69, 9.17) is 0 Å². The van der Waals surface area contributed by atoms with E-state index in [9.17, 15) is 9.18 Å². The number of benzene rings is 2. The van der Waals surface area contributed by atoms with Gasteiger partial charge in [0.1, 0.15) is 11.9 Å². The highest BCUT2D eigenvalue weighted by atomic mass is 19.1. The van der Waals surface area contributed by atoms with Gasteiger partial charge in [0.15, 0.2) is 0 Å². The van der Waals surface area contributed by atoms with Crippen molar-refractivity contribution in [2.45, 2.75) is 32.4 Å². The lowest BCUT2D eigenvalue weighted by Crippen LogP contribution is -2.47. The van der Waals surface area contributed by atoms with Crippen molar-refractivity contribution in [2.24, 2.45) is 0 Å². The summed E-state index contributed by atoms with van der Waals surface area (Å²) in [5.74, 6) is -0.274. The molecule has 1 amide bonds. The molecule has 2 aromatic carbocycles. The first kappa shape index (κ1) is 15.5. The molecule has 120 valence electrons. The first-order valence-corrected chi connectivity index (χ1v) is 8.02. The number of carbonyl (C=O) groups is 1. The average Bonchev–Trinajstić information content (AvgIpc) is 2.60. The molecule has 4 heteroatoms. The normalized spacial score (nSPS) is 15.0. The molecule has 2 aromatic rings. The zero-order valence-corrected chi connectivity index (χ0v) is 13.3. The van der Waals surface area contributed by atoms with Gasteiger partial charge in [0.05, 0.1) is 0 Å². The maximum absolute atomic E-state index is 12.9. The quantitative estimate of drug-likeness (QED) is 0.939. The number of nitrogens with one attached hydrogen (secondary N) is 1. The van der Waals surface area contributed by atoms with E-state index in [1.807, 2.05) is 19.1 Å². The zero-order valence-electron chi connectivity index (χ0n) is 13.3. The third-order valence-electron chi connectivity index (χ3n) is 4.37. The summed E-state index contributed by atoms with van der Waals surface area (Å²) < 4.78 is 12.9. The van der Waals surface area contributed by atoms with Crippen LogP contribution in [0.4, 0.5) is 10.1 Å². The second kappa shape index (κ2) is 6.82. The van der Waals surface area contributed by atoms with Crippen molar-refractivity contribution in [1.29, 1.82) is 0 Å². The third-order valence-corrected chi connectivity index (χ3v) is 4.37. The minimum atomic E-state index is -0.265. The van der Waals surface area contributed by atoms with Crippen molar-refractivity contribution in [1.82, 2.24) is 5.32 Å². The molecule has 0 spiro atoms. The summed E-state index contributed by atoms with van der Waals surface area (Å²) in [4.78, 5) is 14.6. The molecule has 1 N–H and O–H groups in total. The number of aryl methyl sites for hydroxylation is 1. The molecular formula is C19H21FN2O. The van der Waals surface area contributed by atoms with Crippen molar-refractivity contribution >= 4 is 11.6 Å². The van der Waals surface area contributed by atoms with Crippen LogP contribution < -0.4 is 10.2 Å². The van der Waals surface area contributed by atoms with Crippen molar-refractivity contribution < 1.29 is 9.18 Å². The number of nitrogens with zero attached hydrogens (tertiary/aromatic N) is 1. The molecule has 3 nitrogen and oxygen atoms in total. The Morgan fingerprint density at radius 1 is 1.22 bits per heavy atom. The molecule has 0 saturated heterocycles. The number of amides is 1. The summed E-state index contributed by atoms with van der Waals surface area (Å²) >= 11 is 0. The molecule has 23 heavy (non-hydrogen) atoms. The summed E-state index contributed by atoms with van der Waals surface area (Å²) in [6, 6.07) is 14.2. The fraction of sp³-hybridized carbons (Fsp3) is 0.316. The summed E-state index contributed by atoms with van der Waals surface area (Å²) in [6.07, 6.45) is 2.13. The zero-order chi connectivity index (χ0) is 16.2. The molecule has 0 aliphatic carbocycles. The van der Waals surface area contributed by atoms with Crippen LogP contribution in [0.1, 0.15) is 24.5 Å². The summed E-state index contributed by atoms with van der Waals surface area (Å²) in [5.41, 5.74) is 3.35. The van der Waals surface area contributed by atoms with Crippen LogP contribution in [-0.4, -0.2) is 18.5 Å². The second-order valence-corrected chi connectivity index (χ2v) is 5.95. The molecule has 0 bridgehead atoms. The number of anilines is 1. The average molecular weight is 312 g/mol. The van der Waals surface area contributed by atoms with Gasteiger partial charge in [0.2, 0.25) is 5.91 Å². The molecule has 0 saturated carbocycles. The summed E-state index contributed by atoms with van der Waals surface area (Å²) in [5, 5.41) is 2.94. The van der Waals surface area contributed by atoms with Gasteiger partial charge >= 0.3 is 0 Å². The van der Waals surface area contributed by atoms with Gasteiger partial charge in [-0.05, 0) is 49.1 Å². The Bertz CT molecular complexity index is 684. The lowest BCUT2D eigenvalue weighted by atomic mass is 10.00. The van der Waals surface area contributed by atoms with Gasteiger partial charge in [0.25, 0.3) is 0 Å². The van der Waals surface area contributed by atoms with Crippen molar-refractivity contribution in [2.75, 3.05) is 11.4 Å². The highest BCUT2D eigenvalue weighted by molar-refractivity contribution is 5.85. The minimum absolute atomic E-state index is 0.00831. The fourth-order valence-corrected chi connectivity index (χ4v) is 3.05. The molecule has 1 unspecified atom stereocenters. The number of hydrogen-bond acceptors (Lipinski definition) is 2. The van der Waals surface area contributed by atoms with Gasteiger partial charge < -0.3 is 10.2 Å². The molecule has 0 radical (unpaired) electrons. The molecule has 1 aliphatic rings. The Morgan fingerprint density at radius 3 is 2.74 bits per heavy atom. The molecule has 1 heterocycles. The molecule has 1 aliphatic heterocycles. The largest absolute Gasteiger partial charge is 0.360 e. The van der Waals surface area contributed by atoms with Gasteiger partial charge in [-0.15, -0.1) is 0 Å². The molecule has 3 rings (SSSR count). The topological polar surface area (TPSA) is 32.3 Å². The van der Waals surface area contributed by atoms with Crippen LogP contribution in [0.5, 0.6) is 0 Å². The number of hydrogen-bond donors (Lipinski definition) is 1. The van der Waals surface area contributed by atoms with Crippen molar-refractivity contribution in [3.63, 3.8) is 0 Å². The van der Waals surface area contributed by atoms with E-state index in [1.165, 1.54) is 17.7 Å². The number of fused-ring (bicyclic) bond motifs is 1. The van der Waals surface area contributed by atoms with Crippen LogP contribution in [-0.2, 0) is 17.8 Å². The first-order chi connectivity index (χ1) is 11.1. The van der Waals surface area contributed by atoms with Crippen LogP contribution in [0.2, 0.25) is 0 Å². The van der Waals surface area contributed by atoms with Crippen LogP contribution in [0.15, 0.2) is 48.5 Å². The van der Waals surface area contributed by atoms with Crippen molar-refractivity contribution in [3.05, 3.63) is 65.5 Å². The van der Waals surface area contributed by atoms with Crippen LogP contribution >= 0.6 is 0 Å². The molecular weight excluding hydrogens is 291 g/mol. The number of halogens is 1. The smallest absolute Gasteiger partial charge is 0.242 e. The van der Waals surface area contributed by atoms with Gasteiger partial charge in [-0.2, -0.15) is 0 Å². The molecule has 0 aromatic heterocycles. The lowest BCUT2D eigenvalue weighted by molar-refractivity contribution is -0.122. The van der Waals surface area contributed by atoms with Gasteiger partial charge in [-0.3, -0.25) is 4.79 Å². The highest BCUT2D eigenvalue weighted by Crippen LogP contribution is 2.28. The molecule has 1 atom stereocenters. The van der Waals surface area contributed by atoms with Gasteiger partial charge in [-0.25, -0.2) is 4.39 Å². The Morgan fingerprint density at radius 2 is 1.96 bits per heavy atom. The van der Waals surface area contributed by atoms with E-state index in [0.717, 1.165) is 30.6 Å². The Balaban J connectivity index is 1.65. The second-order valence-electron chi connectivity index (χ2n) is 5.95. The van der Waals surface area contributed by atoms with E-state index in [-0.39, 0.29) is 17.8 Å². The third kappa shape index (κ3) is 3.52. The lowest BCUT2D eigenvalue weighted by Gasteiger charge is -2.35. The number of carbonyl (C=O) groups excluding carboxylic acids is 1. The minimum Gasteiger partial charge on any atom is -0.360 e. The standard InChI is InChI=1S/C19H21FN2O/c1-14(19(23)21-13-15-8-10-17(20)11-9-15)22-12-4-6-16-5-2-3-7-18(16)22/h2-3,5,7-11,14H,4,6,12-13H2,1H3,(H,21,23). The van der Waals surface area contributed by atoms with Gasteiger partial charge in [-0.1, -0.05) is 30.3 Å². The Hall–Kier alpha value is -2.36. The maximum atomic E-state index is 12.9. The van der Waals surface area contributed by atoms with E-state index in [1.54, 1.807) is 12.1 Å². The fourth-order valence-electron chi connectivity index (χ4n) is 3.05. The SMILES string of the molecule is CC(C(=O)NCc1ccc(F)cc1)N1CCCc2ccccc21. The van der Waals surface area contributed by atoms with E-state index in [2.05, 4.69) is 22.3 Å². The number of rotatable bonds is 4. The predicted molar refractivity (Wildman–Crippen MR) is 89.8 cm³/mol. The van der Waals surface area contributed by atoms with Gasteiger partial charge in [0, 0.05) is 18.8 Å². The maximum Gasteiger partial charge on any atom is 0.242 e. The first-order valence-electron chi connectivity index (χ1n) is 8.02. The predicted octanol–water partition coefficient (Wildman–Crippen LogP) is 3.28. The van der Waals surface area contributed by atoms with E-state index in [0.29, 0.717) is 6.54 Å². The summed E-state index contributed by atoms with van der Waals surface area (Å²) in [7, 11) is 0. The highest BCUT2D eigenvalue weighted by Gasteiger charge is 2.25. The Kier molecular flexibility index (Phi) is 4.60. The van der Waals surface area contributed by atoms with Crippen molar-refractivity contribution in [3.8, 4) is 0 Å².